The molecule has 1 amide bonds. The van der Waals surface area contributed by atoms with Crippen LogP contribution in [0.25, 0.3) is 0 Å². The second kappa shape index (κ2) is 7.31. The Morgan fingerprint density at radius 2 is 2.32 bits per heavy atom. The van der Waals surface area contributed by atoms with Gasteiger partial charge in [-0.05, 0) is 36.8 Å². The number of rotatable bonds is 7. The van der Waals surface area contributed by atoms with Crippen molar-refractivity contribution in [2.45, 2.75) is 32.1 Å². The number of hydrogen-bond acceptors (Lipinski definition) is 4. The van der Waals surface area contributed by atoms with Crippen LogP contribution in [0.1, 0.15) is 35.6 Å². The van der Waals surface area contributed by atoms with Crippen molar-refractivity contribution >= 4 is 29.0 Å². The van der Waals surface area contributed by atoms with E-state index in [2.05, 4.69) is 25.3 Å². The number of thiophene rings is 1. The van der Waals surface area contributed by atoms with E-state index in [0.717, 1.165) is 32.6 Å². The number of carbonyl (C=O) groups is 1. The van der Waals surface area contributed by atoms with Crippen molar-refractivity contribution in [2.24, 2.45) is 0 Å². The predicted molar refractivity (Wildman–Crippen MR) is 81.7 cm³/mol. The standard InChI is InChI=1S/C14H21NO2S2/c1-3-7-17-8-4-6-15-12(16)10-19-14(15)13-11(2)5-9-18-13/h5,9,14H,3-4,6-8,10H2,1-2H3. The molecule has 0 aromatic carbocycles. The minimum atomic E-state index is 0.221. The smallest absolute Gasteiger partial charge is 0.233 e. The maximum absolute atomic E-state index is 12.0. The van der Waals surface area contributed by atoms with Crippen LogP contribution >= 0.6 is 23.1 Å². The molecule has 3 nitrogen and oxygen atoms in total. The van der Waals surface area contributed by atoms with Crippen LogP contribution in [0.3, 0.4) is 0 Å². The highest BCUT2D eigenvalue weighted by atomic mass is 32.2. The minimum absolute atomic E-state index is 0.221. The first-order chi connectivity index (χ1) is 9.24. The lowest BCUT2D eigenvalue weighted by molar-refractivity contribution is -0.128. The van der Waals surface area contributed by atoms with Gasteiger partial charge in [0.2, 0.25) is 5.91 Å². The highest BCUT2D eigenvalue weighted by molar-refractivity contribution is 8.00. The molecule has 5 heteroatoms. The van der Waals surface area contributed by atoms with E-state index in [1.807, 2.05) is 4.90 Å². The molecular weight excluding hydrogens is 278 g/mol. The average molecular weight is 299 g/mol. The highest BCUT2D eigenvalue weighted by Gasteiger charge is 2.33. The first kappa shape index (κ1) is 14.9. The lowest BCUT2D eigenvalue weighted by Gasteiger charge is -2.23. The number of aryl methyl sites for hydroxylation is 1. The second-order valence-corrected chi connectivity index (χ2v) is 6.70. The van der Waals surface area contributed by atoms with Crippen LogP contribution in [0, 0.1) is 6.92 Å². The summed E-state index contributed by atoms with van der Waals surface area (Å²) in [4.78, 5) is 15.3. The summed E-state index contributed by atoms with van der Waals surface area (Å²) < 4.78 is 5.49. The summed E-state index contributed by atoms with van der Waals surface area (Å²) in [5.41, 5.74) is 1.30. The lowest BCUT2D eigenvalue weighted by Crippen LogP contribution is -2.29. The van der Waals surface area contributed by atoms with Crippen LogP contribution in [-0.4, -0.2) is 36.3 Å². The molecule has 0 aliphatic carbocycles. The van der Waals surface area contributed by atoms with E-state index < -0.39 is 0 Å². The molecule has 0 bridgehead atoms. The van der Waals surface area contributed by atoms with Gasteiger partial charge in [0.05, 0.1) is 5.75 Å². The molecule has 19 heavy (non-hydrogen) atoms. The molecule has 1 fully saturated rings. The molecular formula is C14H21NO2S2. The molecule has 1 unspecified atom stereocenters. The van der Waals surface area contributed by atoms with Crippen molar-refractivity contribution in [1.29, 1.82) is 0 Å². The summed E-state index contributed by atoms with van der Waals surface area (Å²) in [5.74, 6) is 0.871. The van der Waals surface area contributed by atoms with E-state index in [9.17, 15) is 4.79 Å². The van der Waals surface area contributed by atoms with E-state index in [1.165, 1.54) is 10.4 Å². The summed E-state index contributed by atoms with van der Waals surface area (Å²) in [7, 11) is 0. The zero-order chi connectivity index (χ0) is 13.7. The van der Waals surface area contributed by atoms with Crippen LogP contribution in [0.15, 0.2) is 11.4 Å². The van der Waals surface area contributed by atoms with E-state index >= 15 is 0 Å². The number of nitrogens with zero attached hydrogens (tertiary/aromatic N) is 1. The first-order valence-electron chi connectivity index (χ1n) is 6.77. The van der Waals surface area contributed by atoms with Crippen LogP contribution in [0.2, 0.25) is 0 Å². The van der Waals surface area contributed by atoms with Crippen molar-refractivity contribution in [1.82, 2.24) is 4.90 Å². The van der Waals surface area contributed by atoms with Gasteiger partial charge in [-0.2, -0.15) is 0 Å². The minimum Gasteiger partial charge on any atom is -0.381 e. The van der Waals surface area contributed by atoms with E-state index in [1.54, 1.807) is 23.1 Å². The molecule has 0 spiro atoms. The van der Waals surface area contributed by atoms with E-state index in [0.29, 0.717) is 5.75 Å². The summed E-state index contributed by atoms with van der Waals surface area (Å²) >= 11 is 3.50. The molecule has 0 radical (unpaired) electrons. The Kier molecular flexibility index (Phi) is 5.73. The summed E-state index contributed by atoms with van der Waals surface area (Å²) in [6.45, 7) is 6.60. The Balaban J connectivity index is 1.89. The molecule has 1 atom stereocenters. The van der Waals surface area contributed by atoms with Crippen molar-refractivity contribution in [3.8, 4) is 0 Å². The van der Waals surface area contributed by atoms with Gasteiger partial charge in [0.1, 0.15) is 5.37 Å². The molecule has 2 rings (SSSR count). The van der Waals surface area contributed by atoms with Crippen LogP contribution < -0.4 is 0 Å². The lowest BCUT2D eigenvalue weighted by atomic mass is 10.2. The number of thioether (sulfide) groups is 1. The number of hydrogen-bond donors (Lipinski definition) is 0. The fourth-order valence-electron chi connectivity index (χ4n) is 2.13. The van der Waals surface area contributed by atoms with E-state index in [4.69, 9.17) is 4.74 Å². The van der Waals surface area contributed by atoms with Crippen molar-refractivity contribution in [2.75, 3.05) is 25.5 Å². The molecule has 2 heterocycles. The zero-order valence-electron chi connectivity index (χ0n) is 11.6. The Labute approximate surface area is 123 Å². The van der Waals surface area contributed by atoms with Gasteiger partial charge in [0.25, 0.3) is 0 Å². The predicted octanol–water partition coefficient (Wildman–Crippen LogP) is 3.45. The van der Waals surface area contributed by atoms with E-state index in [-0.39, 0.29) is 11.3 Å². The van der Waals surface area contributed by atoms with Crippen molar-refractivity contribution in [3.05, 3.63) is 21.9 Å². The Bertz CT molecular complexity index is 419. The molecule has 1 aromatic heterocycles. The van der Waals surface area contributed by atoms with Gasteiger partial charge < -0.3 is 9.64 Å². The maximum Gasteiger partial charge on any atom is 0.233 e. The molecule has 1 saturated heterocycles. The van der Waals surface area contributed by atoms with Crippen molar-refractivity contribution in [3.63, 3.8) is 0 Å². The Hall–Kier alpha value is -0.520. The Morgan fingerprint density at radius 1 is 1.47 bits per heavy atom. The normalized spacial score (nSPS) is 19.4. The van der Waals surface area contributed by atoms with Gasteiger partial charge in [-0.3, -0.25) is 4.79 Å². The SMILES string of the molecule is CCCOCCCN1C(=O)CSC1c1sccc1C. The van der Waals surface area contributed by atoms with Gasteiger partial charge in [-0.1, -0.05) is 6.92 Å². The Morgan fingerprint density at radius 3 is 3.00 bits per heavy atom. The fraction of sp³-hybridized carbons (Fsp3) is 0.643. The molecule has 1 aliphatic heterocycles. The van der Waals surface area contributed by atoms with Crippen molar-refractivity contribution < 1.29 is 9.53 Å². The third-order valence-electron chi connectivity index (χ3n) is 3.13. The topological polar surface area (TPSA) is 29.5 Å². The van der Waals surface area contributed by atoms with Gasteiger partial charge >= 0.3 is 0 Å². The van der Waals surface area contributed by atoms with Gasteiger partial charge in [0, 0.05) is 24.6 Å². The second-order valence-electron chi connectivity index (χ2n) is 4.68. The first-order valence-corrected chi connectivity index (χ1v) is 8.69. The highest BCUT2D eigenvalue weighted by Crippen LogP contribution is 2.42. The number of amides is 1. The summed E-state index contributed by atoms with van der Waals surface area (Å²) in [5, 5.41) is 2.33. The monoisotopic (exact) mass is 299 g/mol. The van der Waals surface area contributed by atoms with Crippen LogP contribution in [0.5, 0.6) is 0 Å². The van der Waals surface area contributed by atoms with Gasteiger partial charge in [-0.15, -0.1) is 23.1 Å². The molecule has 0 N–H and O–H groups in total. The average Bonchev–Trinajstić information content (AvgIpc) is 2.96. The largest absolute Gasteiger partial charge is 0.381 e. The number of ether oxygens (including phenoxy) is 1. The van der Waals surface area contributed by atoms with Crippen LogP contribution in [0.4, 0.5) is 0 Å². The zero-order valence-corrected chi connectivity index (χ0v) is 13.2. The molecule has 1 aromatic rings. The molecule has 106 valence electrons. The maximum atomic E-state index is 12.0. The number of carbonyl (C=O) groups excluding carboxylic acids is 1. The van der Waals surface area contributed by atoms with Gasteiger partial charge in [0.15, 0.2) is 0 Å². The quantitative estimate of drug-likeness (QED) is 0.722. The molecule has 0 saturated carbocycles. The van der Waals surface area contributed by atoms with Gasteiger partial charge in [-0.25, -0.2) is 0 Å². The third kappa shape index (κ3) is 3.74. The van der Waals surface area contributed by atoms with Crippen LogP contribution in [-0.2, 0) is 9.53 Å². The fourth-order valence-corrected chi connectivity index (χ4v) is 4.63. The molecule has 1 aliphatic rings. The summed E-state index contributed by atoms with van der Waals surface area (Å²) in [6.07, 6.45) is 1.97. The third-order valence-corrected chi connectivity index (χ3v) is 5.57. The summed E-state index contributed by atoms with van der Waals surface area (Å²) in [6, 6.07) is 2.13.